The Morgan fingerprint density at radius 1 is 0.857 bits per heavy atom. The highest BCUT2D eigenvalue weighted by molar-refractivity contribution is 5.95. The summed E-state index contributed by atoms with van der Waals surface area (Å²) in [5.41, 5.74) is 6.74. The lowest BCUT2D eigenvalue weighted by Crippen LogP contribution is -2.59. The van der Waals surface area contributed by atoms with Gasteiger partial charge < -0.3 is 31.9 Å². The fourth-order valence-corrected chi connectivity index (χ4v) is 3.34. The van der Waals surface area contributed by atoms with E-state index in [9.17, 15) is 34.2 Å². The van der Waals surface area contributed by atoms with Crippen molar-refractivity contribution in [1.82, 2.24) is 16.0 Å². The van der Waals surface area contributed by atoms with E-state index in [0.717, 1.165) is 5.56 Å². The van der Waals surface area contributed by atoms with E-state index in [1.807, 2.05) is 6.07 Å². The molecule has 0 aliphatic carbocycles. The van der Waals surface area contributed by atoms with Gasteiger partial charge in [0, 0.05) is 0 Å². The molecule has 35 heavy (non-hydrogen) atoms. The minimum atomic E-state index is -1.48. The van der Waals surface area contributed by atoms with Crippen LogP contribution in [0.5, 0.6) is 0 Å². The quantitative estimate of drug-likeness (QED) is 0.213. The normalized spacial score (nSPS) is 15.3. The van der Waals surface area contributed by atoms with Gasteiger partial charge in [0.1, 0.15) is 18.1 Å². The number of nitrogens with one attached hydrogen (secondary N) is 3. The van der Waals surface area contributed by atoms with Gasteiger partial charge in [0.05, 0.1) is 12.5 Å². The van der Waals surface area contributed by atoms with E-state index in [4.69, 9.17) is 5.73 Å². The lowest BCUT2D eigenvalue weighted by atomic mass is 9.96. The topological polar surface area (TPSA) is 188 Å². The first kappa shape index (κ1) is 29.6. The lowest BCUT2D eigenvalue weighted by Gasteiger charge is -2.28. The molecule has 0 spiro atoms. The highest BCUT2D eigenvalue weighted by Crippen LogP contribution is 2.11. The van der Waals surface area contributed by atoms with Crippen LogP contribution < -0.4 is 21.7 Å². The summed E-state index contributed by atoms with van der Waals surface area (Å²) in [7, 11) is 0. The number of hydrogen-bond donors (Lipinski definition) is 6. The number of carboxylic acids is 2. The smallest absolute Gasteiger partial charge is 0.326 e. The third kappa shape index (κ3) is 9.73. The fraction of sp³-hybridized carbons (Fsp3) is 0.542. The maximum absolute atomic E-state index is 13.0. The Bertz CT molecular complexity index is 891. The van der Waals surface area contributed by atoms with Crippen molar-refractivity contribution in [3.05, 3.63) is 35.9 Å². The van der Waals surface area contributed by atoms with Gasteiger partial charge in [-0.1, -0.05) is 64.4 Å². The van der Waals surface area contributed by atoms with Gasteiger partial charge in [0.25, 0.3) is 0 Å². The average Bonchev–Trinajstić information content (AvgIpc) is 2.79. The second kappa shape index (κ2) is 14.1. The molecule has 5 unspecified atom stereocenters. The van der Waals surface area contributed by atoms with Crippen molar-refractivity contribution >= 4 is 29.7 Å². The summed E-state index contributed by atoms with van der Waals surface area (Å²) in [6, 6.07) is 4.13. The molecule has 0 bridgehead atoms. The first-order valence-corrected chi connectivity index (χ1v) is 11.5. The van der Waals surface area contributed by atoms with E-state index in [1.165, 1.54) is 0 Å². The minimum absolute atomic E-state index is 0.178. The molecular weight excluding hydrogens is 456 g/mol. The molecule has 194 valence electrons. The molecule has 0 fully saturated rings. The molecule has 7 N–H and O–H groups in total. The Labute approximate surface area is 204 Å². The zero-order valence-corrected chi connectivity index (χ0v) is 20.5. The molecule has 3 amide bonds. The molecule has 11 heteroatoms. The summed E-state index contributed by atoms with van der Waals surface area (Å²) in [6.45, 7) is 6.74. The van der Waals surface area contributed by atoms with E-state index in [-0.39, 0.29) is 6.42 Å². The SMILES string of the molecule is CCC(C)C(NC(=O)C(CC(=O)O)NC(=O)C(N)Cc1ccccc1)C(=O)NC(C(=O)O)C(C)C. The molecular formula is C24H36N4O7. The zero-order chi connectivity index (χ0) is 26.7. The number of carbonyl (C=O) groups is 5. The first-order valence-electron chi connectivity index (χ1n) is 11.5. The summed E-state index contributed by atoms with van der Waals surface area (Å²) in [6.07, 6.45) is -0.0817. The highest BCUT2D eigenvalue weighted by Gasteiger charge is 2.34. The third-order valence-electron chi connectivity index (χ3n) is 5.67. The van der Waals surface area contributed by atoms with E-state index in [0.29, 0.717) is 6.42 Å². The molecule has 0 aliphatic heterocycles. The van der Waals surface area contributed by atoms with Gasteiger partial charge in [-0.05, 0) is 23.8 Å². The Morgan fingerprint density at radius 3 is 1.91 bits per heavy atom. The second-order valence-corrected chi connectivity index (χ2v) is 8.90. The van der Waals surface area contributed by atoms with Gasteiger partial charge in [-0.3, -0.25) is 19.2 Å². The van der Waals surface area contributed by atoms with Crippen LogP contribution in [-0.4, -0.2) is 64.0 Å². The largest absolute Gasteiger partial charge is 0.481 e. The Kier molecular flexibility index (Phi) is 11.9. The van der Waals surface area contributed by atoms with Gasteiger partial charge in [-0.2, -0.15) is 0 Å². The van der Waals surface area contributed by atoms with E-state index in [2.05, 4.69) is 16.0 Å². The van der Waals surface area contributed by atoms with Gasteiger partial charge in [0.15, 0.2) is 0 Å². The minimum Gasteiger partial charge on any atom is -0.481 e. The molecule has 0 saturated carbocycles. The number of hydrogen-bond acceptors (Lipinski definition) is 6. The summed E-state index contributed by atoms with van der Waals surface area (Å²) in [4.78, 5) is 61.3. The number of rotatable bonds is 14. The predicted molar refractivity (Wildman–Crippen MR) is 128 cm³/mol. The van der Waals surface area contributed by atoms with E-state index in [1.54, 1.807) is 52.0 Å². The number of benzene rings is 1. The molecule has 0 heterocycles. The fourth-order valence-electron chi connectivity index (χ4n) is 3.34. The summed E-state index contributed by atoms with van der Waals surface area (Å²) in [5.74, 6) is -5.68. The Balaban J connectivity index is 2.99. The summed E-state index contributed by atoms with van der Waals surface area (Å²) in [5, 5.41) is 25.9. The Morgan fingerprint density at radius 2 is 1.43 bits per heavy atom. The van der Waals surface area contributed by atoms with Crippen LogP contribution in [0.4, 0.5) is 0 Å². The molecule has 5 atom stereocenters. The Hall–Kier alpha value is -3.47. The number of carboxylic acid groups (broad SMARTS) is 2. The van der Waals surface area contributed by atoms with Crippen molar-refractivity contribution in [3.63, 3.8) is 0 Å². The van der Waals surface area contributed by atoms with Gasteiger partial charge in [-0.15, -0.1) is 0 Å². The number of nitrogens with two attached hydrogens (primary N) is 1. The van der Waals surface area contributed by atoms with Crippen LogP contribution in [-0.2, 0) is 30.4 Å². The summed E-state index contributed by atoms with van der Waals surface area (Å²) >= 11 is 0. The molecule has 0 aliphatic rings. The third-order valence-corrected chi connectivity index (χ3v) is 5.67. The van der Waals surface area contributed by atoms with Crippen LogP contribution >= 0.6 is 0 Å². The van der Waals surface area contributed by atoms with Gasteiger partial charge >= 0.3 is 11.9 Å². The number of aliphatic carboxylic acids is 2. The maximum Gasteiger partial charge on any atom is 0.326 e. The monoisotopic (exact) mass is 492 g/mol. The number of carbonyl (C=O) groups excluding carboxylic acids is 3. The molecule has 1 aromatic carbocycles. The molecule has 1 aromatic rings. The number of amides is 3. The standard InChI is InChI=1S/C24H36N4O7/c1-5-14(4)20(23(33)27-19(13(2)3)24(34)35)28-22(32)17(12-18(29)30)26-21(31)16(25)11-15-9-7-6-8-10-15/h6-10,13-14,16-17,19-20H,5,11-12,25H2,1-4H3,(H,26,31)(H,27,33)(H,28,32)(H,29,30)(H,34,35). The van der Waals surface area contributed by atoms with Crippen molar-refractivity contribution in [1.29, 1.82) is 0 Å². The van der Waals surface area contributed by atoms with E-state index < -0.39 is 72.1 Å². The summed E-state index contributed by atoms with van der Waals surface area (Å²) < 4.78 is 0. The second-order valence-electron chi connectivity index (χ2n) is 8.90. The van der Waals surface area contributed by atoms with Crippen molar-refractivity contribution < 1.29 is 34.2 Å². The van der Waals surface area contributed by atoms with Crippen LogP contribution in [0.3, 0.4) is 0 Å². The van der Waals surface area contributed by atoms with Crippen LogP contribution in [0.1, 0.15) is 46.1 Å². The van der Waals surface area contributed by atoms with Crippen LogP contribution in [0, 0.1) is 11.8 Å². The predicted octanol–water partition coefficient (Wildman–Crippen LogP) is 0.272. The van der Waals surface area contributed by atoms with Gasteiger partial charge in [0.2, 0.25) is 17.7 Å². The molecule has 11 nitrogen and oxygen atoms in total. The van der Waals surface area contributed by atoms with Crippen LogP contribution in [0.2, 0.25) is 0 Å². The average molecular weight is 493 g/mol. The molecule has 1 rings (SSSR count). The van der Waals surface area contributed by atoms with Crippen LogP contribution in [0.25, 0.3) is 0 Å². The molecule has 0 saturated heterocycles. The van der Waals surface area contributed by atoms with Crippen molar-refractivity contribution in [2.75, 3.05) is 0 Å². The zero-order valence-electron chi connectivity index (χ0n) is 20.5. The van der Waals surface area contributed by atoms with Crippen molar-refractivity contribution in [2.45, 2.75) is 71.1 Å². The van der Waals surface area contributed by atoms with Gasteiger partial charge in [-0.25, -0.2) is 4.79 Å². The van der Waals surface area contributed by atoms with Crippen molar-refractivity contribution in [2.24, 2.45) is 17.6 Å². The van der Waals surface area contributed by atoms with Crippen molar-refractivity contribution in [3.8, 4) is 0 Å². The molecule has 0 radical (unpaired) electrons. The van der Waals surface area contributed by atoms with E-state index >= 15 is 0 Å². The highest BCUT2D eigenvalue weighted by atomic mass is 16.4. The lowest BCUT2D eigenvalue weighted by molar-refractivity contribution is -0.144. The molecule has 0 aromatic heterocycles. The van der Waals surface area contributed by atoms with Crippen LogP contribution in [0.15, 0.2) is 30.3 Å². The maximum atomic E-state index is 13.0. The first-order chi connectivity index (χ1) is 16.4.